The first-order chi connectivity index (χ1) is 5.80. The molecule has 0 aliphatic rings. The van der Waals surface area contributed by atoms with Gasteiger partial charge in [-0.05, 0) is 6.92 Å². The van der Waals surface area contributed by atoms with E-state index in [-0.39, 0.29) is 0 Å². The van der Waals surface area contributed by atoms with Gasteiger partial charge in [-0.3, -0.25) is 0 Å². The van der Waals surface area contributed by atoms with Gasteiger partial charge in [0.1, 0.15) is 5.82 Å². The Kier molecular flexibility index (Phi) is 3.07. The molecule has 0 radical (unpaired) electrons. The number of hydrogen-bond donors (Lipinski definition) is 1. The normalized spacial score (nSPS) is 8.83. The second-order valence-electron chi connectivity index (χ2n) is 2.35. The number of aromatic nitrogens is 4. The first kappa shape index (κ1) is 8.52. The Bertz CT molecular complexity index is 263. The Morgan fingerprint density at radius 3 is 2.42 bits per heavy atom. The van der Waals surface area contributed by atoms with E-state index in [2.05, 4.69) is 15.0 Å². The van der Waals surface area contributed by atoms with Crippen molar-refractivity contribution in [2.24, 2.45) is 7.05 Å². The highest BCUT2D eigenvalue weighted by atomic mass is 15.0. The molecule has 0 saturated carbocycles. The van der Waals surface area contributed by atoms with Crippen molar-refractivity contribution in [1.82, 2.24) is 19.5 Å². The van der Waals surface area contributed by atoms with E-state index < -0.39 is 0 Å². The molecule has 0 spiro atoms. The summed E-state index contributed by atoms with van der Waals surface area (Å²) in [5, 5.41) is 0. The summed E-state index contributed by atoms with van der Waals surface area (Å²) in [6, 6.07) is 0. The summed E-state index contributed by atoms with van der Waals surface area (Å²) in [5.74, 6) is 1.06. The second kappa shape index (κ2) is 4.33. The van der Waals surface area contributed by atoms with Crippen LogP contribution in [0.5, 0.6) is 0 Å². The Balaban J connectivity index is 0.000000127. The minimum Gasteiger partial charge on any atom is -0.351 e. The first-order valence-electron chi connectivity index (χ1n) is 3.67. The smallest absolute Gasteiger partial charge is 0.105 e. The quantitative estimate of drug-likeness (QED) is 0.634. The zero-order valence-electron chi connectivity index (χ0n) is 7.23. The Morgan fingerprint density at radius 2 is 2.25 bits per heavy atom. The van der Waals surface area contributed by atoms with Crippen LogP contribution in [0.3, 0.4) is 0 Å². The fourth-order valence-corrected chi connectivity index (χ4v) is 0.655. The molecule has 4 heteroatoms. The molecule has 1 N–H and O–H groups in total. The van der Waals surface area contributed by atoms with Crippen molar-refractivity contribution in [1.29, 1.82) is 0 Å². The summed E-state index contributed by atoms with van der Waals surface area (Å²) in [7, 11) is 1.97. The lowest BCUT2D eigenvalue weighted by Gasteiger charge is -1.87. The van der Waals surface area contributed by atoms with E-state index in [0.717, 1.165) is 5.82 Å². The van der Waals surface area contributed by atoms with E-state index in [1.807, 2.05) is 24.7 Å². The van der Waals surface area contributed by atoms with Crippen molar-refractivity contribution < 1.29 is 0 Å². The van der Waals surface area contributed by atoms with Gasteiger partial charge in [0, 0.05) is 31.8 Å². The van der Waals surface area contributed by atoms with Gasteiger partial charge in [-0.15, -0.1) is 0 Å². The van der Waals surface area contributed by atoms with Crippen molar-refractivity contribution in [3.8, 4) is 0 Å². The van der Waals surface area contributed by atoms with Crippen LogP contribution in [0.4, 0.5) is 0 Å². The van der Waals surface area contributed by atoms with E-state index >= 15 is 0 Å². The molecule has 0 aliphatic carbocycles. The first-order valence-corrected chi connectivity index (χ1v) is 3.67. The third-order valence-electron chi connectivity index (χ3n) is 1.47. The third kappa shape index (κ3) is 2.57. The van der Waals surface area contributed by atoms with Crippen LogP contribution >= 0.6 is 0 Å². The molecule has 2 aromatic rings. The molecule has 0 saturated heterocycles. The summed E-state index contributed by atoms with van der Waals surface area (Å²) in [4.78, 5) is 10.4. The predicted octanol–water partition coefficient (Wildman–Crippen LogP) is 1.14. The Hall–Kier alpha value is -1.58. The minimum atomic E-state index is 1.06. The zero-order valence-corrected chi connectivity index (χ0v) is 7.23. The molecule has 12 heavy (non-hydrogen) atoms. The van der Waals surface area contributed by atoms with Crippen molar-refractivity contribution in [2.45, 2.75) is 6.92 Å². The van der Waals surface area contributed by atoms with Crippen molar-refractivity contribution in [3.05, 3.63) is 36.9 Å². The lowest BCUT2D eigenvalue weighted by Crippen LogP contribution is -1.86. The number of aromatic amines is 1. The van der Waals surface area contributed by atoms with Gasteiger partial charge in [-0.25, -0.2) is 9.97 Å². The summed E-state index contributed by atoms with van der Waals surface area (Å²) in [5.41, 5.74) is 0. The van der Waals surface area contributed by atoms with Crippen LogP contribution in [0.15, 0.2) is 31.1 Å². The molecule has 0 amide bonds. The average molecular weight is 164 g/mol. The monoisotopic (exact) mass is 164 g/mol. The zero-order chi connectivity index (χ0) is 8.81. The van der Waals surface area contributed by atoms with Gasteiger partial charge < -0.3 is 9.55 Å². The fourth-order valence-electron chi connectivity index (χ4n) is 0.655. The van der Waals surface area contributed by atoms with Gasteiger partial charge in [0.15, 0.2) is 0 Å². The minimum absolute atomic E-state index is 1.06. The molecule has 0 aromatic carbocycles. The topological polar surface area (TPSA) is 46.5 Å². The fraction of sp³-hybridized carbons (Fsp3) is 0.250. The molecule has 0 unspecified atom stereocenters. The van der Waals surface area contributed by atoms with Crippen LogP contribution in [-0.4, -0.2) is 19.5 Å². The number of nitrogens with zero attached hydrogens (tertiary/aromatic N) is 3. The molecule has 2 heterocycles. The maximum atomic E-state index is 3.98. The van der Waals surface area contributed by atoms with Crippen LogP contribution in [0, 0.1) is 6.92 Å². The maximum absolute atomic E-state index is 3.98. The number of H-pyrrole nitrogens is 1. The number of imidazole rings is 2. The third-order valence-corrected chi connectivity index (χ3v) is 1.47. The van der Waals surface area contributed by atoms with Gasteiger partial charge in [0.2, 0.25) is 0 Å². The van der Waals surface area contributed by atoms with Crippen LogP contribution in [0.2, 0.25) is 0 Å². The molecule has 2 aromatic heterocycles. The molecule has 2 rings (SSSR count). The Morgan fingerprint density at radius 1 is 1.42 bits per heavy atom. The number of hydrogen-bond acceptors (Lipinski definition) is 2. The Labute approximate surface area is 71.3 Å². The number of rotatable bonds is 0. The summed E-state index contributed by atoms with van der Waals surface area (Å²) in [6.45, 7) is 1.97. The number of aryl methyl sites for hydroxylation is 2. The van der Waals surface area contributed by atoms with Crippen LogP contribution in [-0.2, 0) is 7.05 Å². The lowest BCUT2D eigenvalue weighted by atomic mass is 10.7. The van der Waals surface area contributed by atoms with Gasteiger partial charge in [0.25, 0.3) is 0 Å². The van der Waals surface area contributed by atoms with Crippen LogP contribution in [0.25, 0.3) is 0 Å². The van der Waals surface area contributed by atoms with Crippen molar-refractivity contribution in [2.75, 3.05) is 0 Å². The molecular formula is C8H12N4. The summed E-state index contributed by atoms with van der Waals surface area (Å²) < 4.78 is 1.97. The van der Waals surface area contributed by atoms with Crippen molar-refractivity contribution in [3.63, 3.8) is 0 Å². The highest BCUT2D eigenvalue weighted by Crippen LogP contribution is 1.86. The van der Waals surface area contributed by atoms with Crippen LogP contribution in [0.1, 0.15) is 5.82 Å². The molecule has 0 aliphatic heterocycles. The largest absolute Gasteiger partial charge is 0.351 e. The van der Waals surface area contributed by atoms with Crippen LogP contribution < -0.4 is 0 Å². The van der Waals surface area contributed by atoms with Gasteiger partial charge in [-0.1, -0.05) is 0 Å². The molecular weight excluding hydrogens is 152 g/mol. The molecule has 64 valence electrons. The standard InChI is InChI=1S/C5H8N2.C3H4N2/c1-5-6-3-4-7(5)2;1-2-5-3-4-1/h3-4H,1-2H3;1-3H,(H,4,5). The molecule has 0 atom stereocenters. The van der Waals surface area contributed by atoms with Crippen molar-refractivity contribution >= 4 is 0 Å². The van der Waals surface area contributed by atoms with E-state index in [0.29, 0.717) is 0 Å². The van der Waals surface area contributed by atoms with Gasteiger partial charge >= 0.3 is 0 Å². The van der Waals surface area contributed by atoms with Gasteiger partial charge in [0.05, 0.1) is 6.33 Å². The molecule has 4 nitrogen and oxygen atoms in total. The summed E-state index contributed by atoms with van der Waals surface area (Å²) in [6.07, 6.45) is 8.80. The highest BCUT2D eigenvalue weighted by Gasteiger charge is 1.83. The van der Waals surface area contributed by atoms with E-state index in [1.165, 1.54) is 0 Å². The predicted molar refractivity (Wildman–Crippen MR) is 46.5 cm³/mol. The maximum Gasteiger partial charge on any atom is 0.105 e. The SMILES string of the molecule is Cc1nccn1C.c1c[nH]cn1. The van der Waals surface area contributed by atoms with E-state index in [4.69, 9.17) is 0 Å². The van der Waals surface area contributed by atoms with E-state index in [1.54, 1.807) is 24.9 Å². The van der Waals surface area contributed by atoms with E-state index in [9.17, 15) is 0 Å². The summed E-state index contributed by atoms with van der Waals surface area (Å²) >= 11 is 0. The lowest BCUT2D eigenvalue weighted by molar-refractivity contribution is 0.858. The molecule has 0 fully saturated rings. The highest BCUT2D eigenvalue weighted by molar-refractivity contribution is 4.85. The second-order valence-corrected chi connectivity index (χ2v) is 2.35. The molecule has 0 bridgehead atoms. The average Bonchev–Trinajstić information content (AvgIpc) is 2.67. The van der Waals surface area contributed by atoms with Gasteiger partial charge in [-0.2, -0.15) is 0 Å². The number of nitrogens with one attached hydrogen (secondary N) is 1.